The van der Waals surface area contributed by atoms with Gasteiger partial charge in [-0.1, -0.05) is 22.0 Å². The topological polar surface area (TPSA) is 50.8 Å². The van der Waals surface area contributed by atoms with Crippen molar-refractivity contribution in [1.82, 2.24) is 5.32 Å². The Labute approximate surface area is 175 Å². The molecule has 2 aromatic rings. The van der Waals surface area contributed by atoms with Gasteiger partial charge in [0.05, 0.1) is 13.7 Å². The largest absolute Gasteiger partial charge is 0.497 e. The summed E-state index contributed by atoms with van der Waals surface area (Å²) in [6.45, 7) is 2.44. The highest BCUT2D eigenvalue weighted by Gasteiger charge is 2.20. The van der Waals surface area contributed by atoms with Crippen LogP contribution in [-0.2, 0) is 4.79 Å². The summed E-state index contributed by atoms with van der Waals surface area (Å²) in [4.78, 5) is 14.6. The molecule has 0 aromatic heterocycles. The van der Waals surface area contributed by atoms with Crippen molar-refractivity contribution in [3.05, 3.63) is 53.0 Å². The summed E-state index contributed by atoms with van der Waals surface area (Å²) < 4.78 is 11.9. The molecular weight excluding hydrogens is 420 g/mol. The molecule has 1 aliphatic heterocycles. The van der Waals surface area contributed by atoms with Crippen LogP contribution in [-0.4, -0.2) is 38.8 Å². The number of ether oxygens (including phenoxy) is 2. The third-order valence-electron chi connectivity index (χ3n) is 4.91. The lowest BCUT2D eigenvalue weighted by atomic mass is 10.0. The van der Waals surface area contributed by atoms with Crippen molar-refractivity contribution < 1.29 is 14.3 Å². The van der Waals surface area contributed by atoms with E-state index in [-0.39, 0.29) is 11.9 Å². The maximum atomic E-state index is 12.2. The molecule has 28 heavy (non-hydrogen) atoms. The molecule has 1 N–H and O–H groups in total. The van der Waals surface area contributed by atoms with Gasteiger partial charge in [0, 0.05) is 35.7 Å². The van der Waals surface area contributed by atoms with Crippen LogP contribution >= 0.6 is 15.9 Å². The smallest absolute Gasteiger partial charge is 0.220 e. The average molecular weight is 447 g/mol. The third-order valence-corrected chi connectivity index (χ3v) is 5.40. The SMILES string of the molecule is COc1ccc(N2CCC(NC(=O)CCCOc3cccc(Br)c3)CC2)cc1. The van der Waals surface area contributed by atoms with Gasteiger partial charge in [-0.3, -0.25) is 4.79 Å². The number of carbonyl (C=O) groups is 1. The molecule has 1 saturated heterocycles. The molecule has 2 aromatic carbocycles. The predicted molar refractivity (Wildman–Crippen MR) is 115 cm³/mol. The molecule has 1 amide bonds. The minimum Gasteiger partial charge on any atom is -0.497 e. The number of hydrogen-bond acceptors (Lipinski definition) is 4. The fourth-order valence-electron chi connectivity index (χ4n) is 3.35. The molecule has 1 aliphatic rings. The summed E-state index contributed by atoms with van der Waals surface area (Å²) in [6.07, 6.45) is 3.13. The predicted octanol–water partition coefficient (Wildman–Crippen LogP) is 4.40. The fraction of sp³-hybridized carbons (Fsp3) is 0.409. The van der Waals surface area contributed by atoms with Crippen molar-refractivity contribution in [2.24, 2.45) is 0 Å². The van der Waals surface area contributed by atoms with E-state index in [4.69, 9.17) is 9.47 Å². The van der Waals surface area contributed by atoms with E-state index in [9.17, 15) is 4.79 Å². The van der Waals surface area contributed by atoms with E-state index < -0.39 is 0 Å². The number of anilines is 1. The monoisotopic (exact) mass is 446 g/mol. The van der Waals surface area contributed by atoms with Crippen molar-refractivity contribution in [2.45, 2.75) is 31.7 Å². The number of benzene rings is 2. The zero-order valence-electron chi connectivity index (χ0n) is 16.2. The molecule has 0 unspecified atom stereocenters. The van der Waals surface area contributed by atoms with E-state index in [0.717, 1.165) is 41.9 Å². The van der Waals surface area contributed by atoms with E-state index in [1.54, 1.807) is 7.11 Å². The Kier molecular flexibility index (Phi) is 7.60. The summed E-state index contributed by atoms with van der Waals surface area (Å²) in [5.41, 5.74) is 1.20. The van der Waals surface area contributed by atoms with Gasteiger partial charge in [-0.05, 0) is 61.7 Å². The van der Waals surface area contributed by atoms with Gasteiger partial charge in [0.1, 0.15) is 11.5 Å². The zero-order valence-corrected chi connectivity index (χ0v) is 17.8. The summed E-state index contributed by atoms with van der Waals surface area (Å²) in [6, 6.07) is 16.1. The Bertz CT molecular complexity index is 759. The number of nitrogens with zero attached hydrogens (tertiary/aromatic N) is 1. The number of halogens is 1. The molecule has 1 heterocycles. The van der Waals surface area contributed by atoms with Gasteiger partial charge in [0.2, 0.25) is 5.91 Å². The van der Waals surface area contributed by atoms with Gasteiger partial charge in [-0.25, -0.2) is 0 Å². The van der Waals surface area contributed by atoms with Crippen molar-refractivity contribution in [3.8, 4) is 11.5 Å². The Morgan fingerprint density at radius 2 is 1.89 bits per heavy atom. The molecule has 0 bridgehead atoms. The number of rotatable bonds is 8. The Morgan fingerprint density at radius 3 is 2.57 bits per heavy atom. The fourth-order valence-corrected chi connectivity index (χ4v) is 3.73. The van der Waals surface area contributed by atoms with Crippen molar-refractivity contribution in [1.29, 1.82) is 0 Å². The lowest BCUT2D eigenvalue weighted by molar-refractivity contribution is -0.122. The van der Waals surface area contributed by atoms with Crippen LogP contribution in [0.15, 0.2) is 53.0 Å². The first-order valence-electron chi connectivity index (χ1n) is 9.71. The van der Waals surface area contributed by atoms with Gasteiger partial charge in [0.15, 0.2) is 0 Å². The van der Waals surface area contributed by atoms with E-state index >= 15 is 0 Å². The van der Waals surface area contributed by atoms with E-state index in [2.05, 4.69) is 38.3 Å². The van der Waals surface area contributed by atoms with Crippen LogP contribution in [0.2, 0.25) is 0 Å². The van der Waals surface area contributed by atoms with Crippen LogP contribution in [0.25, 0.3) is 0 Å². The highest BCUT2D eigenvalue weighted by Crippen LogP contribution is 2.23. The summed E-state index contributed by atoms with van der Waals surface area (Å²) in [7, 11) is 1.68. The molecule has 150 valence electrons. The average Bonchev–Trinajstić information content (AvgIpc) is 2.72. The number of hydrogen-bond donors (Lipinski definition) is 1. The highest BCUT2D eigenvalue weighted by atomic mass is 79.9. The van der Waals surface area contributed by atoms with Gasteiger partial charge >= 0.3 is 0 Å². The second kappa shape index (κ2) is 10.4. The van der Waals surface area contributed by atoms with E-state index in [1.165, 1.54) is 5.69 Å². The molecular formula is C22H27BrN2O3. The van der Waals surface area contributed by atoms with Gasteiger partial charge in [-0.15, -0.1) is 0 Å². The second-order valence-corrected chi connectivity index (χ2v) is 7.85. The van der Waals surface area contributed by atoms with E-state index in [1.807, 2.05) is 36.4 Å². The Morgan fingerprint density at radius 1 is 1.14 bits per heavy atom. The summed E-state index contributed by atoms with van der Waals surface area (Å²) >= 11 is 3.42. The summed E-state index contributed by atoms with van der Waals surface area (Å²) in [5, 5.41) is 3.17. The Hall–Kier alpha value is -2.21. The first-order chi connectivity index (χ1) is 13.6. The molecule has 0 atom stereocenters. The van der Waals surface area contributed by atoms with Crippen LogP contribution in [0.3, 0.4) is 0 Å². The van der Waals surface area contributed by atoms with Crippen LogP contribution in [0.1, 0.15) is 25.7 Å². The quantitative estimate of drug-likeness (QED) is 0.610. The van der Waals surface area contributed by atoms with Crippen molar-refractivity contribution in [2.75, 3.05) is 31.7 Å². The molecule has 0 aliphatic carbocycles. The highest BCUT2D eigenvalue weighted by molar-refractivity contribution is 9.10. The second-order valence-electron chi connectivity index (χ2n) is 6.94. The first kappa shape index (κ1) is 20.5. The molecule has 0 spiro atoms. The Balaban J connectivity index is 1.33. The van der Waals surface area contributed by atoms with E-state index in [0.29, 0.717) is 19.4 Å². The van der Waals surface area contributed by atoms with Crippen molar-refractivity contribution in [3.63, 3.8) is 0 Å². The number of methoxy groups -OCH3 is 1. The molecule has 0 radical (unpaired) electrons. The maximum Gasteiger partial charge on any atom is 0.220 e. The first-order valence-corrected chi connectivity index (χ1v) is 10.5. The van der Waals surface area contributed by atoms with Crippen LogP contribution in [0, 0.1) is 0 Å². The zero-order chi connectivity index (χ0) is 19.8. The van der Waals surface area contributed by atoms with Gasteiger partial charge < -0.3 is 19.7 Å². The lowest BCUT2D eigenvalue weighted by Crippen LogP contribution is -2.44. The van der Waals surface area contributed by atoms with Crippen LogP contribution in [0.4, 0.5) is 5.69 Å². The number of amides is 1. The maximum absolute atomic E-state index is 12.2. The lowest BCUT2D eigenvalue weighted by Gasteiger charge is -2.34. The summed E-state index contributed by atoms with van der Waals surface area (Å²) in [5.74, 6) is 1.80. The molecule has 6 heteroatoms. The standard InChI is InChI=1S/C22H27BrN2O3/c1-27-20-9-7-19(8-10-20)25-13-11-18(12-14-25)24-22(26)6-3-15-28-21-5-2-4-17(23)16-21/h2,4-5,7-10,16,18H,3,6,11-15H2,1H3,(H,24,26). The molecule has 1 fully saturated rings. The molecule has 0 saturated carbocycles. The number of nitrogens with one attached hydrogen (secondary N) is 1. The molecule has 3 rings (SSSR count). The normalized spacial score (nSPS) is 14.6. The molecule has 5 nitrogen and oxygen atoms in total. The van der Waals surface area contributed by atoms with Crippen LogP contribution in [0.5, 0.6) is 11.5 Å². The number of piperidine rings is 1. The van der Waals surface area contributed by atoms with Gasteiger partial charge in [-0.2, -0.15) is 0 Å². The van der Waals surface area contributed by atoms with Crippen molar-refractivity contribution >= 4 is 27.5 Å². The van der Waals surface area contributed by atoms with Gasteiger partial charge in [0.25, 0.3) is 0 Å². The van der Waals surface area contributed by atoms with Crippen LogP contribution < -0.4 is 19.7 Å². The third kappa shape index (κ3) is 6.16. The minimum atomic E-state index is 0.112. The minimum absolute atomic E-state index is 0.112. The number of carbonyl (C=O) groups excluding carboxylic acids is 1.